The molecule has 0 unspecified atom stereocenters. The van der Waals surface area contributed by atoms with Gasteiger partial charge in [-0.25, -0.2) is 4.98 Å². The van der Waals surface area contributed by atoms with E-state index < -0.39 is 0 Å². The van der Waals surface area contributed by atoms with Crippen molar-refractivity contribution < 1.29 is 14.3 Å². The first-order valence-electron chi connectivity index (χ1n) is 5.70. The van der Waals surface area contributed by atoms with Gasteiger partial charge < -0.3 is 14.8 Å². The fourth-order valence-corrected chi connectivity index (χ4v) is 1.46. The lowest BCUT2D eigenvalue weighted by Gasteiger charge is -2.08. The van der Waals surface area contributed by atoms with Crippen LogP contribution < -0.4 is 10.1 Å². The summed E-state index contributed by atoms with van der Waals surface area (Å²) >= 11 is 5.46. The predicted molar refractivity (Wildman–Crippen MR) is 69.3 cm³/mol. The summed E-state index contributed by atoms with van der Waals surface area (Å²) < 4.78 is 10.2. The van der Waals surface area contributed by atoms with Gasteiger partial charge in [0.1, 0.15) is 5.56 Å². The average molecular weight is 273 g/mol. The molecule has 1 aromatic heterocycles. The molecule has 0 aliphatic carbocycles. The van der Waals surface area contributed by atoms with Crippen LogP contribution in [-0.2, 0) is 4.74 Å². The van der Waals surface area contributed by atoms with Crippen LogP contribution in [0.25, 0.3) is 0 Å². The molecule has 0 aliphatic rings. The Balaban J connectivity index is 2.32. The van der Waals surface area contributed by atoms with Gasteiger partial charge in [0.2, 0.25) is 5.88 Å². The lowest BCUT2D eigenvalue weighted by Crippen LogP contribution is -2.26. The van der Waals surface area contributed by atoms with Crippen molar-refractivity contribution in [2.75, 3.05) is 32.7 Å². The molecule has 0 saturated heterocycles. The highest BCUT2D eigenvalue weighted by Gasteiger charge is 2.11. The zero-order valence-corrected chi connectivity index (χ0v) is 11.1. The largest absolute Gasteiger partial charge is 0.480 e. The molecule has 1 heterocycles. The Labute approximate surface area is 111 Å². The van der Waals surface area contributed by atoms with Gasteiger partial charge in [-0.3, -0.25) is 4.79 Å². The Hall–Kier alpha value is -1.33. The molecule has 6 heteroatoms. The summed E-state index contributed by atoms with van der Waals surface area (Å²) in [4.78, 5) is 15.8. The molecule has 1 N–H and O–H groups in total. The Morgan fingerprint density at radius 3 is 3.06 bits per heavy atom. The topological polar surface area (TPSA) is 60.5 Å². The minimum Gasteiger partial charge on any atom is -0.480 e. The molecule has 0 fully saturated rings. The number of nitrogens with one attached hydrogen (secondary N) is 1. The molecule has 0 atom stereocenters. The Kier molecular flexibility index (Phi) is 7.13. The highest BCUT2D eigenvalue weighted by molar-refractivity contribution is 6.17. The number of hydrogen-bond donors (Lipinski definition) is 1. The van der Waals surface area contributed by atoms with Crippen LogP contribution in [0.1, 0.15) is 16.8 Å². The van der Waals surface area contributed by atoms with Gasteiger partial charge in [0.05, 0.1) is 13.7 Å². The zero-order valence-electron chi connectivity index (χ0n) is 10.3. The zero-order chi connectivity index (χ0) is 13.2. The molecule has 0 aliphatic heterocycles. The first-order valence-corrected chi connectivity index (χ1v) is 6.24. The van der Waals surface area contributed by atoms with E-state index in [1.807, 2.05) is 0 Å². The van der Waals surface area contributed by atoms with Gasteiger partial charge in [-0.1, -0.05) is 0 Å². The summed E-state index contributed by atoms with van der Waals surface area (Å²) in [7, 11) is 1.49. The number of hydrogen-bond acceptors (Lipinski definition) is 4. The average Bonchev–Trinajstić information content (AvgIpc) is 2.42. The molecule has 1 rings (SSSR count). The second-order valence-electron chi connectivity index (χ2n) is 3.47. The molecule has 5 nitrogen and oxygen atoms in total. The highest BCUT2D eigenvalue weighted by atomic mass is 35.5. The normalized spacial score (nSPS) is 10.1. The summed E-state index contributed by atoms with van der Waals surface area (Å²) in [5.41, 5.74) is 0.432. The van der Waals surface area contributed by atoms with Crippen molar-refractivity contribution in [2.24, 2.45) is 0 Å². The minimum absolute atomic E-state index is 0.197. The summed E-state index contributed by atoms with van der Waals surface area (Å²) in [6.07, 6.45) is 2.32. The molecular formula is C12H17ClN2O3. The number of rotatable bonds is 8. The van der Waals surface area contributed by atoms with Crippen molar-refractivity contribution in [3.05, 3.63) is 23.9 Å². The summed E-state index contributed by atoms with van der Waals surface area (Å²) in [5, 5.41) is 2.78. The second-order valence-corrected chi connectivity index (χ2v) is 3.85. The van der Waals surface area contributed by atoms with Gasteiger partial charge in [-0.15, -0.1) is 11.6 Å². The molecule has 0 aromatic carbocycles. The second kappa shape index (κ2) is 8.72. The van der Waals surface area contributed by atoms with Crippen molar-refractivity contribution in [3.8, 4) is 5.88 Å². The van der Waals surface area contributed by atoms with Crippen LogP contribution in [0, 0.1) is 0 Å². The fraction of sp³-hybridized carbons (Fsp3) is 0.500. The first kappa shape index (κ1) is 14.7. The summed E-state index contributed by atoms with van der Waals surface area (Å²) in [6, 6.07) is 3.37. The first-order chi connectivity index (χ1) is 8.79. The Morgan fingerprint density at radius 2 is 2.33 bits per heavy atom. The third-order valence-electron chi connectivity index (χ3n) is 2.18. The van der Waals surface area contributed by atoms with E-state index in [4.69, 9.17) is 21.1 Å². The standard InChI is InChI=1S/C12H17ClN2O3/c1-17-12-10(4-2-6-15-12)11(16)14-7-3-8-18-9-5-13/h2,4,6H,3,5,7-9H2,1H3,(H,14,16). The maximum absolute atomic E-state index is 11.8. The van der Waals surface area contributed by atoms with Crippen LogP contribution in [-0.4, -0.2) is 43.6 Å². The lowest BCUT2D eigenvalue weighted by atomic mass is 10.2. The number of alkyl halides is 1. The molecule has 18 heavy (non-hydrogen) atoms. The smallest absolute Gasteiger partial charge is 0.256 e. The Morgan fingerprint density at radius 1 is 1.50 bits per heavy atom. The van der Waals surface area contributed by atoms with Crippen LogP contribution in [0.4, 0.5) is 0 Å². The monoisotopic (exact) mass is 272 g/mol. The quantitative estimate of drug-likeness (QED) is 0.575. The van der Waals surface area contributed by atoms with E-state index in [0.29, 0.717) is 37.1 Å². The summed E-state index contributed by atoms with van der Waals surface area (Å²) in [6.45, 7) is 1.66. The number of carbonyl (C=O) groups is 1. The molecule has 100 valence electrons. The third-order valence-corrected chi connectivity index (χ3v) is 2.34. The number of halogens is 1. The highest BCUT2D eigenvalue weighted by Crippen LogP contribution is 2.12. The molecule has 0 spiro atoms. The van der Waals surface area contributed by atoms with E-state index in [1.54, 1.807) is 18.3 Å². The van der Waals surface area contributed by atoms with Crippen molar-refractivity contribution in [3.63, 3.8) is 0 Å². The SMILES string of the molecule is COc1ncccc1C(=O)NCCCOCCCl. The van der Waals surface area contributed by atoms with Gasteiger partial charge in [0, 0.05) is 25.2 Å². The van der Waals surface area contributed by atoms with E-state index >= 15 is 0 Å². The number of carbonyl (C=O) groups excluding carboxylic acids is 1. The fourth-order valence-electron chi connectivity index (χ4n) is 1.35. The van der Waals surface area contributed by atoms with Gasteiger partial charge >= 0.3 is 0 Å². The maximum atomic E-state index is 11.8. The molecule has 0 bridgehead atoms. The maximum Gasteiger partial charge on any atom is 0.256 e. The van der Waals surface area contributed by atoms with Crippen LogP contribution in [0.3, 0.4) is 0 Å². The number of methoxy groups -OCH3 is 1. The van der Waals surface area contributed by atoms with Gasteiger partial charge in [0.25, 0.3) is 5.91 Å². The number of nitrogens with zero attached hydrogens (tertiary/aromatic N) is 1. The third kappa shape index (κ3) is 4.89. The van der Waals surface area contributed by atoms with Crippen molar-refractivity contribution >= 4 is 17.5 Å². The number of pyridine rings is 1. The molecular weight excluding hydrogens is 256 g/mol. The van der Waals surface area contributed by atoms with E-state index in [2.05, 4.69) is 10.3 Å². The van der Waals surface area contributed by atoms with Crippen molar-refractivity contribution in [2.45, 2.75) is 6.42 Å². The number of amides is 1. The van der Waals surface area contributed by atoms with Gasteiger partial charge in [-0.05, 0) is 18.6 Å². The van der Waals surface area contributed by atoms with Crippen LogP contribution >= 0.6 is 11.6 Å². The van der Waals surface area contributed by atoms with Gasteiger partial charge in [0.15, 0.2) is 0 Å². The van der Waals surface area contributed by atoms with Crippen LogP contribution in [0.15, 0.2) is 18.3 Å². The van der Waals surface area contributed by atoms with E-state index in [0.717, 1.165) is 6.42 Å². The number of aromatic nitrogens is 1. The van der Waals surface area contributed by atoms with E-state index in [1.165, 1.54) is 7.11 Å². The lowest BCUT2D eigenvalue weighted by molar-refractivity contribution is 0.0940. The number of ether oxygens (including phenoxy) is 2. The van der Waals surface area contributed by atoms with Crippen molar-refractivity contribution in [1.29, 1.82) is 0 Å². The molecule has 1 aromatic rings. The van der Waals surface area contributed by atoms with E-state index in [-0.39, 0.29) is 5.91 Å². The molecule has 0 saturated carbocycles. The van der Waals surface area contributed by atoms with E-state index in [9.17, 15) is 4.79 Å². The Bertz CT molecular complexity index is 374. The van der Waals surface area contributed by atoms with Crippen LogP contribution in [0.2, 0.25) is 0 Å². The minimum atomic E-state index is -0.197. The van der Waals surface area contributed by atoms with Crippen molar-refractivity contribution in [1.82, 2.24) is 10.3 Å². The van der Waals surface area contributed by atoms with Crippen LogP contribution in [0.5, 0.6) is 5.88 Å². The molecule has 0 radical (unpaired) electrons. The summed E-state index contributed by atoms with van der Waals surface area (Å²) in [5.74, 6) is 0.616. The predicted octanol–water partition coefficient (Wildman–Crippen LogP) is 1.47. The molecule has 1 amide bonds. The van der Waals surface area contributed by atoms with Gasteiger partial charge in [-0.2, -0.15) is 0 Å².